The molecule has 188 valence electrons. The fraction of sp³-hybridized carbons (Fsp3) is 0.276. The summed E-state index contributed by atoms with van der Waals surface area (Å²) in [5.74, 6) is 0.0151. The maximum absolute atomic E-state index is 13.9. The first kappa shape index (κ1) is 25.5. The van der Waals surface area contributed by atoms with Crippen LogP contribution < -0.4 is 4.74 Å². The zero-order valence-corrected chi connectivity index (χ0v) is 20.6. The third kappa shape index (κ3) is 6.56. The van der Waals surface area contributed by atoms with E-state index in [0.29, 0.717) is 36.8 Å². The van der Waals surface area contributed by atoms with Crippen LogP contribution in [-0.4, -0.2) is 39.0 Å². The molecule has 0 saturated heterocycles. The number of halogens is 2. The molecule has 1 atom stereocenters. The van der Waals surface area contributed by atoms with E-state index in [9.17, 15) is 13.9 Å². The van der Waals surface area contributed by atoms with E-state index >= 15 is 0 Å². The van der Waals surface area contributed by atoms with Gasteiger partial charge in [-0.15, -0.1) is 0 Å². The van der Waals surface area contributed by atoms with Crippen LogP contribution in [-0.2, 0) is 13.0 Å². The van der Waals surface area contributed by atoms with Gasteiger partial charge in [-0.25, -0.2) is 13.5 Å². The quantitative estimate of drug-likeness (QED) is 0.277. The molecule has 3 aromatic carbocycles. The van der Waals surface area contributed by atoms with E-state index in [2.05, 4.69) is 16.9 Å². The summed E-state index contributed by atoms with van der Waals surface area (Å²) in [6.07, 6.45) is 0.921. The van der Waals surface area contributed by atoms with E-state index in [0.717, 1.165) is 29.8 Å². The smallest absolute Gasteiger partial charge is 0.227 e. The van der Waals surface area contributed by atoms with Crippen LogP contribution in [0.4, 0.5) is 8.78 Å². The lowest BCUT2D eigenvalue weighted by Gasteiger charge is -2.25. The van der Waals surface area contributed by atoms with Gasteiger partial charge < -0.3 is 9.84 Å². The molecule has 0 bridgehead atoms. The van der Waals surface area contributed by atoms with Crippen LogP contribution in [0.25, 0.3) is 5.69 Å². The van der Waals surface area contributed by atoms with Gasteiger partial charge in [-0.3, -0.25) is 4.90 Å². The van der Waals surface area contributed by atoms with Crippen LogP contribution in [0.5, 0.6) is 11.6 Å². The van der Waals surface area contributed by atoms with Gasteiger partial charge in [-0.2, -0.15) is 5.10 Å². The number of aryl methyl sites for hydroxylation is 1. The van der Waals surface area contributed by atoms with Crippen molar-refractivity contribution in [2.45, 2.75) is 39.3 Å². The summed E-state index contributed by atoms with van der Waals surface area (Å²) < 4.78 is 35.3. The van der Waals surface area contributed by atoms with Gasteiger partial charge in [0, 0.05) is 19.2 Å². The lowest BCUT2D eigenvalue weighted by atomic mass is 10.1. The summed E-state index contributed by atoms with van der Waals surface area (Å²) in [6.45, 7) is 5.71. The average molecular weight is 492 g/mol. The predicted molar refractivity (Wildman–Crippen MR) is 136 cm³/mol. The van der Waals surface area contributed by atoms with Crippen molar-refractivity contribution in [1.82, 2.24) is 14.7 Å². The number of nitrogens with zero attached hydrogens (tertiary/aromatic N) is 3. The summed E-state index contributed by atoms with van der Waals surface area (Å²) in [5.41, 5.74) is 3.27. The maximum atomic E-state index is 13.9. The van der Waals surface area contributed by atoms with Crippen LogP contribution in [0.15, 0.2) is 78.9 Å². The Morgan fingerprint density at radius 2 is 1.72 bits per heavy atom. The number of aliphatic hydroxyl groups is 1. The van der Waals surface area contributed by atoms with Crippen molar-refractivity contribution < 1.29 is 18.6 Å². The Morgan fingerprint density at radius 3 is 2.42 bits per heavy atom. The van der Waals surface area contributed by atoms with Crippen molar-refractivity contribution in [2.75, 3.05) is 13.1 Å². The second kappa shape index (κ2) is 11.9. The lowest BCUT2D eigenvalue weighted by molar-refractivity contribution is 0.108. The summed E-state index contributed by atoms with van der Waals surface area (Å²) in [5, 5.41) is 15.5. The van der Waals surface area contributed by atoms with E-state index in [4.69, 9.17) is 4.74 Å². The molecule has 0 amide bonds. The third-order valence-electron chi connectivity index (χ3n) is 5.92. The van der Waals surface area contributed by atoms with Crippen molar-refractivity contribution in [2.24, 2.45) is 0 Å². The van der Waals surface area contributed by atoms with Crippen LogP contribution in [0.2, 0.25) is 0 Å². The molecular weight excluding hydrogens is 460 g/mol. The van der Waals surface area contributed by atoms with Crippen LogP contribution in [0.3, 0.4) is 0 Å². The van der Waals surface area contributed by atoms with Gasteiger partial charge in [0.2, 0.25) is 5.88 Å². The zero-order chi connectivity index (χ0) is 25.5. The van der Waals surface area contributed by atoms with Crippen molar-refractivity contribution in [3.05, 3.63) is 107 Å². The Hall–Kier alpha value is -3.55. The Kier molecular flexibility index (Phi) is 8.46. The number of aliphatic hydroxyl groups excluding tert-OH is 1. The van der Waals surface area contributed by atoms with E-state index in [1.54, 1.807) is 28.9 Å². The first-order valence-electron chi connectivity index (χ1n) is 12.1. The molecule has 5 nitrogen and oxygen atoms in total. The maximum Gasteiger partial charge on any atom is 0.227 e. The van der Waals surface area contributed by atoms with Gasteiger partial charge in [-0.1, -0.05) is 43.3 Å². The van der Waals surface area contributed by atoms with Crippen LogP contribution in [0, 0.1) is 18.6 Å². The van der Waals surface area contributed by atoms with Gasteiger partial charge in [0.25, 0.3) is 0 Å². The van der Waals surface area contributed by atoms with Crippen LogP contribution >= 0.6 is 0 Å². The fourth-order valence-electron chi connectivity index (χ4n) is 4.25. The van der Waals surface area contributed by atoms with Gasteiger partial charge in [-0.05, 0) is 68.3 Å². The molecule has 0 aliphatic rings. The first-order chi connectivity index (χ1) is 17.4. The van der Waals surface area contributed by atoms with Crippen molar-refractivity contribution >= 4 is 0 Å². The minimum Gasteiger partial charge on any atom is -0.438 e. The first-order valence-corrected chi connectivity index (χ1v) is 12.1. The zero-order valence-electron chi connectivity index (χ0n) is 20.6. The van der Waals surface area contributed by atoms with E-state index in [1.807, 2.05) is 37.3 Å². The van der Waals surface area contributed by atoms with Crippen molar-refractivity contribution in [3.8, 4) is 17.3 Å². The van der Waals surface area contributed by atoms with Crippen LogP contribution in [0.1, 0.15) is 30.2 Å². The normalized spacial score (nSPS) is 12.2. The molecule has 0 aliphatic carbocycles. The Labute approximate surface area is 210 Å². The largest absolute Gasteiger partial charge is 0.438 e. The third-order valence-corrected chi connectivity index (χ3v) is 5.92. The number of benzene rings is 3. The Bertz CT molecular complexity index is 1260. The molecule has 1 aromatic heterocycles. The number of hydrogen-bond acceptors (Lipinski definition) is 4. The summed E-state index contributed by atoms with van der Waals surface area (Å²) in [6, 6.07) is 21.8. The molecular formula is C29H31F2N3O2. The highest BCUT2D eigenvalue weighted by molar-refractivity contribution is 5.43. The van der Waals surface area contributed by atoms with Gasteiger partial charge in [0.05, 0.1) is 23.0 Å². The molecule has 4 rings (SSSR count). The molecule has 1 unspecified atom stereocenters. The summed E-state index contributed by atoms with van der Waals surface area (Å²) >= 11 is 0. The minimum atomic E-state index is -0.543. The highest BCUT2D eigenvalue weighted by Gasteiger charge is 2.22. The molecule has 0 aliphatic heterocycles. The molecule has 0 fully saturated rings. The van der Waals surface area contributed by atoms with Crippen molar-refractivity contribution in [1.29, 1.82) is 0 Å². The lowest BCUT2D eigenvalue weighted by Crippen LogP contribution is -2.34. The number of rotatable bonds is 11. The SMILES string of the molecule is CCCN(Cc1c(C)nn(-c2ccc(F)cc2)c1Oc1cccc(F)c1)CC(O)Cc1ccccc1. The molecule has 0 spiro atoms. The molecule has 0 radical (unpaired) electrons. The Balaban J connectivity index is 1.64. The number of aromatic nitrogens is 2. The van der Waals surface area contributed by atoms with Crippen molar-refractivity contribution in [3.63, 3.8) is 0 Å². The number of hydrogen-bond donors (Lipinski definition) is 1. The van der Waals surface area contributed by atoms with Gasteiger partial charge in [0.15, 0.2) is 0 Å². The highest BCUT2D eigenvalue weighted by Crippen LogP contribution is 2.32. The molecule has 7 heteroatoms. The second-order valence-electron chi connectivity index (χ2n) is 8.90. The van der Waals surface area contributed by atoms with E-state index in [-0.39, 0.29) is 5.82 Å². The predicted octanol–water partition coefficient (Wildman–Crippen LogP) is 6.07. The topological polar surface area (TPSA) is 50.5 Å². The molecule has 0 saturated carbocycles. The fourth-order valence-corrected chi connectivity index (χ4v) is 4.25. The molecule has 36 heavy (non-hydrogen) atoms. The highest BCUT2D eigenvalue weighted by atomic mass is 19.1. The Morgan fingerprint density at radius 1 is 0.972 bits per heavy atom. The van der Waals surface area contributed by atoms with Gasteiger partial charge >= 0.3 is 0 Å². The van der Waals surface area contributed by atoms with Gasteiger partial charge in [0.1, 0.15) is 17.4 Å². The number of ether oxygens (including phenoxy) is 1. The molecule has 1 N–H and O–H groups in total. The summed E-state index contributed by atoms with van der Waals surface area (Å²) in [7, 11) is 0. The average Bonchev–Trinajstić information content (AvgIpc) is 3.15. The molecule has 4 aromatic rings. The standard InChI is InChI=1S/C29H31F2N3O2/c1-3-16-33(19-26(35)17-22-8-5-4-6-9-22)20-28-21(2)32-34(25-14-12-23(30)13-15-25)29(28)36-27-11-7-10-24(31)18-27/h4-15,18,26,35H,3,16-17,19-20H2,1-2H3. The van der Waals surface area contributed by atoms with E-state index in [1.165, 1.54) is 24.3 Å². The monoisotopic (exact) mass is 491 g/mol. The van der Waals surface area contributed by atoms with E-state index < -0.39 is 11.9 Å². The second-order valence-corrected chi connectivity index (χ2v) is 8.90. The molecule has 1 heterocycles. The minimum absolute atomic E-state index is 0.339. The summed E-state index contributed by atoms with van der Waals surface area (Å²) in [4.78, 5) is 2.17.